The summed E-state index contributed by atoms with van der Waals surface area (Å²) in [5.41, 5.74) is 0. The van der Waals surface area contributed by atoms with E-state index < -0.39 is 0 Å². The maximum atomic E-state index is 8.61. The summed E-state index contributed by atoms with van der Waals surface area (Å²) in [5.74, 6) is 0. The van der Waals surface area contributed by atoms with Crippen molar-refractivity contribution < 1.29 is 5.11 Å². The van der Waals surface area contributed by atoms with Gasteiger partial charge in [0.05, 0.1) is 0 Å². The Balaban J connectivity index is 2.06. The minimum atomic E-state index is 0.334. The summed E-state index contributed by atoms with van der Waals surface area (Å²) in [5, 5.41) is 15.4. The van der Waals surface area contributed by atoms with Crippen LogP contribution in [0.4, 0.5) is 0 Å². The van der Waals surface area contributed by atoms with Crippen molar-refractivity contribution in [2.24, 2.45) is 0 Å². The summed E-state index contributed by atoms with van der Waals surface area (Å²) < 4.78 is 0. The molecule has 3 heteroatoms. The molecule has 72 valence electrons. The maximum Gasteiger partial charge on any atom is 0.0458 e. The lowest BCUT2D eigenvalue weighted by Crippen LogP contribution is -2.49. The second kappa shape index (κ2) is 5.51. The van der Waals surface area contributed by atoms with Gasteiger partial charge in [0.15, 0.2) is 0 Å². The largest absolute Gasteiger partial charge is 0.396 e. The molecule has 2 unspecified atom stereocenters. The van der Waals surface area contributed by atoms with Crippen LogP contribution >= 0.6 is 0 Å². The van der Waals surface area contributed by atoms with E-state index in [9.17, 15) is 0 Å². The van der Waals surface area contributed by atoms with Gasteiger partial charge < -0.3 is 15.7 Å². The highest BCUT2D eigenvalue weighted by atomic mass is 16.2. The van der Waals surface area contributed by atoms with Gasteiger partial charge in [-0.15, -0.1) is 0 Å². The second-order valence-corrected chi connectivity index (χ2v) is 3.64. The third-order valence-corrected chi connectivity index (χ3v) is 2.44. The van der Waals surface area contributed by atoms with Gasteiger partial charge in [0.25, 0.3) is 0 Å². The molecule has 1 aliphatic heterocycles. The molecule has 1 rings (SSSR count). The third-order valence-electron chi connectivity index (χ3n) is 2.44. The molecule has 0 aromatic heterocycles. The number of aliphatic hydroxyl groups excluding tert-OH is 1. The van der Waals surface area contributed by atoms with Crippen LogP contribution in [0.3, 0.4) is 0 Å². The van der Waals surface area contributed by atoms with E-state index in [1.165, 1.54) is 12.8 Å². The Hall–Kier alpha value is -0.120. The van der Waals surface area contributed by atoms with Crippen LogP contribution in [0.15, 0.2) is 0 Å². The Bertz CT molecular complexity index is 119. The van der Waals surface area contributed by atoms with Crippen molar-refractivity contribution in [1.29, 1.82) is 0 Å². The van der Waals surface area contributed by atoms with Gasteiger partial charge in [-0.25, -0.2) is 0 Å². The molecule has 0 aliphatic carbocycles. The first kappa shape index (κ1) is 9.96. The van der Waals surface area contributed by atoms with Crippen LogP contribution in [0.5, 0.6) is 0 Å². The standard InChI is InChI=1S/C9H20N2O/c1-8-6-9(11-7-10-8)4-2-3-5-12/h8-12H,2-7H2,1H3. The number of unbranched alkanes of at least 4 members (excludes halogenated alkanes) is 1. The number of hydrogen-bond donors (Lipinski definition) is 3. The highest BCUT2D eigenvalue weighted by Crippen LogP contribution is 2.09. The normalized spacial score (nSPS) is 30.5. The van der Waals surface area contributed by atoms with E-state index in [0.29, 0.717) is 18.7 Å². The first-order valence-electron chi connectivity index (χ1n) is 4.90. The molecule has 0 aromatic carbocycles. The van der Waals surface area contributed by atoms with Crippen molar-refractivity contribution in [2.45, 2.75) is 44.7 Å². The minimum absolute atomic E-state index is 0.334. The zero-order valence-electron chi connectivity index (χ0n) is 7.84. The van der Waals surface area contributed by atoms with Crippen molar-refractivity contribution in [1.82, 2.24) is 10.6 Å². The summed E-state index contributed by atoms with van der Waals surface area (Å²) in [4.78, 5) is 0. The molecule has 1 heterocycles. The zero-order chi connectivity index (χ0) is 8.81. The summed E-state index contributed by atoms with van der Waals surface area (Å²) in [6.45, 7) is 3.49. The molecule has 1 saturated heterocycles. The van der Waals surface area contributed by atoms with Crippen LogP contribution in [-0.4, -0.2) is 30.5 Å². The lowest BCUT2D eigenvalue weighted by atomic mass is 10.0. The fraction of sp³-hybridized carbons (Fsp3) is 1.00. The Kier molecular flexibility index (Phi) is 4.58. The van der Waals surface area contributed by atoms with E-state index in [4.69, 9.17) is 5.11 Å². The Morgan fingerprint density at radius 2 is 2.17 bits per heavy atom. The molecule has 1 fully saturated rings. The van der Waals surface area contributed by atoms with Crippen LogP contribution in [0.2, 0.25) is 0 Å². The summed E-state index contributed by atoms with van der Waals surface area (Å²) in [6.07, 6.45) is 4.50. The molecule has 0 amide bonds. The molecule has 3 N–H and O–H groups in total. The molecule has 0 spiro atoms. The number of rotatable bonds is 4. The van der Waals surface area contributed by atoms with Gasteiger partial charge in [0, 0.05) is 25.4 Å². The first-order valence-corrected chi connectivity index (χ1v) is 4.90. The SMILES string of the molecule is CC1CC(CCCCO)NCN1. The molecule has 2 atom stereocenters. The smallest absolute Gasteiger partial charge is 0.0458 e. The van der Waals surface area contributed by atoms with E-state index in [0.717, 1.165) is 19.5 Å². The topological polar surface area (TPSA) is 44.3 Å². The molecule has 12 heavy (non-hydrogen) atoms. The molecule has 0 radical (unpaired) electrons. The van der Waals surface area contributed by atoms with Crippen LogP contribution in [0.1, 0.15) is 32.6 Å². The first-order chi connectivity index (χ1) is 5.83. The van der Waals surface area contributed by atoms with Crippen LogP contribution in [0, 0.1) is 0 Å². The van der Waals surface area contributed by atoms with Gasteiger partial charge in [-0.05, 0) is 32.6 Å². The van der Waals surface area contributed by atoms with Gasteiger partial charge in [-0.3, -0.25) is 0 Å². The van der Waals surface area contributed by atoms with E-state index >= 15 is 0 Å². The second-order valence-electron chi connectivity index (χ2n) is 3.64. The summed E-state index contributed by atoms with van der Waals surface area (Å²) in [6, 6.07) is 1.30. The molecule has 0 bridgehead atoms. The molecule has 0 aromatic rings. The van der Waals surface area contributed by atoms with E-state index in [1.807, 2.05) is 0 Å². The summed E-state index contributed by atoms with van der Waals surface area (Å²) >= 11 is 0. The van der Waals surface area contributed by atoms with Crippen LogP contribution in [0.25, 0.3) is 0 Å². The van der Waals surface area contributed by atoms with Crippen molar-refractivity contribution in [3.63, 3.8) is 0 Å². The van der Waals surface area contributed by atoms with Gasteiger partial charge in [0.2, 0.25) is 0 Å². The quantitative estimate of drug-likeness (QED) is 0.539. The van der Waals surface area contributed by atoms with Crippen molar-refractivity contribution >= 4 is 0 Å². The van der Waals surface area contributed by atoms with Crippen molar-refractivity contribution in [3.8, 4) is 0 Å². The Labute approximate surface area is 74.5 Å². The third kappa shape index (κ3) is 3.52. The highest BCUT2D eigenvalue weighted by Gasteiger charge is 2.16. The average Bonchev–Trinajstić information content (AvgIpc) is 2.05. The average molecular weight is 172 g/mol. The monoisotopic (exact) mass is 172 g/mol. The minimum Gasteiger partial charge on any atom is -0.396 e. The fourth-order valence-corrected chi connectivity index (χ4v) is 1.69. The van der Waals surface area contributed by atoms with Gasteiger partial charge in [-0.1, -0.05) is 0 Å². The highest BCUT2D eigenvalue weighted by molar-refractivity contribution is 4.77. The molecule has 0 saturated carbocycles. The lowest BCUT2D eigenvalue weighted by molar-refractivity contribution is 0.267. The fourth-order valence-electron chi connectivity index (χ4n) is 1.69. The van der Waals surface area contributed by atoms with Crippen molar-refractivity contribution in [3.05, 3.63) is 0 Å². The van der Waals surface area contributed by atoms with Crippen LogP contribution in [-0.2, 0) is 0 Å². The van der Waals surface area contributed by atoms with Gasteiger partial charge >= 0.3 is 0 Å². The van der Waals surface area contributed by atoms with Crippen LogP contribution < -0.4 is 10.6 Å². The number of hydrogen-bond acceptors (Lipinski definition) is 3. The van der Waals surface area contributed by atoms with Gasteiger partial charge in [-0.2, -0.15) is 0 Å². The van der Waals surface area contributed by atoms with E-state index in [2.05, 4.69) is 17.6 Å². The number of nitrogens with one attached hydrogen (secondary N) is 2. The molecular formula is C9H20N2O. The molecule has 1 aliphatic rings. The van der Waals surface area contributed by atoms with E-state index in [-0.39, 0.29) is 0 Å². The maximum absolute atomic E-state index is 8.61. The molecule has 3 nitrogen and oxygen atoms in total. The lowest BCUT2D eigenvalue weighted by Gasteiger charge is -2.29. The number of aliphatic hydroxyl groups is 1. The van der Waals surface area contributed by atoms with Crippen molar-refractivity contribution in [2.75, 3.05) is 13.3 Å². The zero-order valence-corrected chi connectivity index (χ0v) is 7.84. The molecular weight excluding hydrogens is 152 g/mol. The van der Waals surface area contributed by atoms with Gasteiger partial charge in [0.1, 0.15) is 0 Å². The predicted octanol–water partition coefficient (Wildman–Crippen LogP) is 0.447. The Morgan fingerprint density at radius 1 is 1.33 bits per heavy atom. The Morgan fingerprint density at radius 3 is 2.83 bits per heavy atom. The summed E-state index contributed by atoms with van der Waals surface area (Å²) in [7, 11) is 0. The predicted molar refractivity (Wildman–Crippen MR) is 49.9 cm³/mol. The van der Waals surface area contributed by atoms with E-state index in [1.54, 1.807) is 0 Å².